The summed E-state index contributed by atoms with van der Waals surface area (Å²) >= 11 is 0. The van der Waals surface area contributed by atoms with Crippen molar-refractivity contribution in [2.45, 2.75) is 26.4 Å². The molecular weight excluding hydrogens is 344 g/mol. The molecule has 0 saturated carbocycles. The van der Waals surface area contributed by atoms with Gasteiger partial charge in [-0.1, -0.05) is 19.1 Å². The van der Waals surface area contributed by atoms with Gasteiger partial charge in [0.25, 0.3) is 11.5 Å². The fourth-order valence-corrected chi connectivity index (χ4v) is 3.20. The molecule has 1 aromatic carbocycles. The second kappa shape index (κ2) is 8.81. The van der Waals surface area contributed by atoms with Crippen LogP contribution in [0.2, 0.25) is 0 Å². The minimum Gasteiger partial charge on any atom is -0.497 e. The molecule has 2 aromatic rings. The first-order chi connectivity index (χ1) is 13.1. The minimum absolute atomic E-state index is 0.107. The molecule has 27 heavy (non-hydrogen) atoms. The molecule has 0 bridgehead atoms. The summed E-state index contributed by atoms with van der Waals surface area (Å²) in [5.74, 6) is 0.745. The monoisotopic (exact) mass is 370 g/mol. The lowest BCUT2D eigenvalue weighted by Crippen LogP contribution is -2.48. The third-order valence-corrected chi connectivity index (χ3v) is 4.75. The molecule has 1 aliphatic rings. The number of aryl methyl sites for hydroxylation is 1. The van der Waals surface area contributed by atoms with Crippen molar-refractivity contribution < 1.29 is 9.53 Å². The predicted octanol–water partition coefficient (Wildman–Crippen LogP) is 1.62. The zero-order chi connectivity index (χ0) is 19.2. The molecule has 1 fully saturated rings. The van der Waals surface area contributed by atoms with E-state index in [0.717, 1.165) is 31.8 Å². The summed E-state index contributed by atoms with van der Waals surface area (Å²) in [6.45, 7) is 6.29. The summed E-state index contributed by atoms with van der Waals surface area (Å²) in [6, 6.07) is 11.0. The number of hydrogen-bond acceptors (Lipinski definition) is 5. The lowest BCUT2D eigenvalue weighted by molar-refractivity contribution is 0.0620. The van der Waals surface area contributed by atoms with Gasteiger partial charge in [-0.05, 0) is 30.2 Å². The van der Waals surface area contributed by atoms with E-state index < -0.39 is 0 Å². The van der Waals surface area contributed by atoms with E-state index in [9.17, 15) is 9.59 Å². The van der Waals surface area contributed by atoms with Crippen LogP contribution in [-0.2, 0) is 13.1 Å². The standard InChI is InChI=1S/C20H26N4O3/c1-3-10-24-19(25)9-8-18(21-24)20(26)23-13-11-22(12-14-23)15-16-4-6-17(27-2)7-5-16/h4-9H,3,10-15H2,1-2H3. The number of nitrogens with zero attached hydrogens (tertiary/aromatic N) is 4. The van der Waals surface area contributed by atoms with E-state index >= 15 is 0 Å². The van der Waals surface area contributed by atoms with Crippen LogP contribution in [-0.4, -0.2) is 58.8 Å². The van der Waals surface area contributed by atoms with Crippen molar-refractivity contribution in [2.24, 2.45) is 0 Å². The number of hydrogen-bond donors (Lipinski definition) is 0. The Bertz CT molecular complexity index is 824. The number of rotatable bonds is 6. The molecule has 0 radical (unpaired) electrons. The van der Waals surface area contributed by atoms with Gasteiger partial charge in [0.2, 0.25) is 0 Å². The SMILES string of the molecule is CCCn1nc(C(=O)N2CCN(Cc3ccc(OC)cc3)CC2)ccc1=O. The van der Waals surface area contributed by atoms with Crippen LogP contribution in [0.4, 0.5) is 0 Å². The molecule has 7 heteroatoms. The zero-order valence-corrected chi connectivity index (χ0v) is 15.9. The van der Waals surface area contributed by atoms with Crippen LogP contribution in [0, 0.1) is 0 Å². The fourth-order valence-electron chi connectivity index (χ4n) is 3.20. The van der Waals surface area contributed by atoms with Gasteiger partial charge < -0.3 is 9.64 Å². The Morgan fingerprint density at radius 2 is 1.78 bits per heavy atom. The second-order valence-corrected chi connectivity index (χ2v) is 6.70. The number of amides is 1. The average Bonchev–Trinajstić information content (AvgIpc) is 2.70. The smallest absolute Gasteiger partial charge is 0.274 e. The molecule has 0 spiro atoms. The Morgan fingerprint density at radius 3 is 2.41 bits per heavy atom. The highest BCUT2D eigenvalue weighted by Crippen LogP contribution is 2.14. The van der Waals surface area contributed by atoms with Gasteiger partial charge in [0.1, 0.15) is 11.4 Å². The Hall–Kier alpha value is -2.67. The Morgan fingerprint density at radius 1 is 1.07 bits per heavy atom. The van der Waals surface area contributed by atoms with E-state index in [-0.39, 0.29) is 11.5 Å². The summed E-state index contributed by atoms with van der Waals surface area (Å²) in [7, 11) is 1.66. The third kappa shape index (κ3) is 4.74. The van der Waals surface area contributed by atoms with Crippen molar-refractivity contribution in [2.75, 3.05) is 33.3 Å². The number of methoxy groups -OCH3 is 1. The summed E-state index contributed by atoms with van der Waals surface area (Å²) < 4.78 is 6.56. The van der Waals surface area contributed by atoms with Crippen molar-refractivity contribution in [3.8, 4) is 5.75 Å². The van der Waals surface area contributed by atoms with Crippen LogP contribution in [0.5, 0.6) is 5.75 Å². The molecule has 0 unspecified atom stereocenters. The predicted molar refractivity (Wildman–Crippen MR) is 103 cm³/mol. The van der Waals surface area contributed by atoms with Gasteiger partial charge in [-0.3, -0.25) is 14.5 Å². The van der Waals surface area contributed by atoms with Crippen molar-refractivity contribution in [3.05, 3.63) is 58.0 Å². The summed E-state index contributed by atoms with van der Waals surface area (Å²) in [5, 5.41) is 4.23. The highest BCUT2D eigenvalue weighted by Gasteiger charge is 2.23. The lowest BCUT2D eigenvalue weighted by atomic mass is 10.2. The normalized spacial score (nSPS) is 15.0. The molecule has 0 aliphatic carbocycles. The van der Waals surface area contributed by atoms with Crippen LogP contribution in [0.3, 0.4) is 0 Å². The Balaban J connectivity index is 1.57. The van der Waals surface area contributed by atoms with Crippen LogP contribution < -0.4 is 10.3 Å². The first-order valence-corrected chi connectivity index (χ1v) is 9.33. The van der Waals surface area contributed by atoms with E-state index in [2.05, 4.69) is 22.1 Å². The first-order valence-electron chi connectivity index (χ1n) is 9.33. The van der Waals surface area contributed by atoms with Gasteiger partial charge in [0.05, 0.1) is 7.11 Å². The maximum absolute atomic E-state index is 12.7. The summed E-state index contributed by atoms with van der Waals surface area (Å²) in [4.78, 5) is 28.6. The fraction of sp³-hybridized carbons (Fsp3) is 0.450. The van der Waals surface area contributed by atoms with Crippen molar-refractivity contribution >= 4 is 5.91 Å². The Kier molecular flexibility index (Phi) is 6.24. The van der Waals surface area contributed by atoms with E-state index in [1.54, 1.807) is 7.11 Å². The van der Waals surface area contributed by atoms with Gasteiger partial charge in [-0.15, -0.1) is 0 Å². The highest BCUT2D eigenvalue weighted by molar-refractivity contribution is 5.92. The maximum Gasteiger partial charge on any atom is 0.274 e. The van der Waals surface area contributed by atoms with Crippen LogP contribution >= 0.6 is 0 Å². The van der Waals surface area contributed by atoms with Gasteiger partial charge in [0, 0.05) is 45.3 Å². The minimum atomic E-state index is -0.169. The zero-order valence-electron chi connectivity index (χ0n) is 15.9. The third-order valence-electron chi connectivity index (χ3n) is 4.75. The number of piperazine rings is 1. The molecule has 7 nitrogen and oxygen atoms in total. The number of benzene rings is 1. The highest BCUT2D eigenvalue weighted by atomic mass is 16.5. The van der Waals surface area contributed by atoms with E-state index in [0.29, 0.717) is 25.3 Å². The average molecular weight is 370 g/mol. The van der Waals surface area contributed by atoms with Crippen LogP contribution in [0.25, 0.3) is 0 Å². The summed E-state index contributed by atoms with van der Waals surface area (Å²) in [6.07, 6.45) is 0.800. The first kappa shape index (κ1) is 19.1. The van der Waals surface area contributed by atoms with Crippen LogP contribution in [0.1, 0.15) is 29.4 Å². The molecule has 3 rings (SSSR count). The molecule has 2 heterocycles. The molecule has 1 aliphatic heterocycles. The molecular formula is C20H26N4O3. The van der Waals surface area contributed by atoms with Gasteiger partial charge in [-0.2, -0.15) is 5.10 Å². The van der Waals surface area contributed by atoms with Crippen LogP contribution in [0.15, 0.2) is 41.2 Å². The van der Waals surface area contributed by atoms with Gasteiger partial charge in [-0.25, -0.2) is 4.68 Å². The lowest BCUT2D eigenvalue weighted by Gasteiger charge is -2.34. The topological polar surface area (TPSA) is 67.7 Å². The van der Waals surface area contributed by atoms with E-state index in [1.165, 1.54) is 22.4 Å². The number of carbonyl (C=O) groups is 1. The molecule has 0 N–H and O–H groups in total. The number of aromatic nitrogens is 2. The maximum atomic E-state index is 12.7. The van der Waals surface area contributed by atoms with Crippen molar-refractivity contribution in [1.29, 1.82) is 0 Å². The largest absolute Gasteiger partial charge is 0.497 e. The van der Waals surface area contributed by atoms with E-state index in [4.69, 9.17) is 4.74 Å². The molecule has 1 saturated heterocycles. The number of ether oxygens (including phenoxy) is 1. The molecule has 1 aromatic heterocycles. The van der Waals surface area contributed by atoms with E-state index in [1.807, 2.05) is 24.0 Å². The second-order valence-electron chi connectivity index (χ2n) is 6.70. The Labute approximate surface area is 159 Å². The number of carbonyl (C=O) groups excluding carboxylic acids is 1. The van der Waals surface area contributed by atoms with Gasteiger partial charge >= 0.3 is 0 Å². The molecule has 0 atom stereocenters. The molecule has 144 valence electrons. The van der Waals surface area contributed by atoms with Crippen molar-refractivity contribution in [3.63, 3.8) is 0 Å². The van der Waals surface area contributed by atoms with Crippen molar-refractivity contribution in [1.82, 2.24) is 19.6 Å². The summed E-state index contributed by atoms with van der Waals surface area (Å²) in [5.41, 5.74) is 1.40. The van der Waals surface area contributed by atoms with Gasteiger partial charge in [0.15, 0.2) is 0 Å². The quantitative estimate of drug-likeness (QED) is 0.773. The molecule has 1 amide bonds.